The second kappa shape index (κ2) is 7.23. The van der Waals surface area contributed by atoms with E-state index in [1.54, 1.807) is 35.1 Å². The van der Waals surface area contributed by atoms with E-state index < -0.39 is 11.7 Å². The van der Waals surface area contributed by atoms with Crippen LogP contribution >= 0.6 is 0 Å². The van der Waals surface area contributed by atoms with Crippen molar-refractivity contribution in [2.45, 2.75) is 13.3 Å². The molecular weight excluding hydrogens is 370 g/mol. The quantitative estimate of drug-likeness (QED) is 0.589. The highest BCUT2D eigenvalue weighted by Crippen LogP contribution is 2.29. The number of nitrogens with one attached hydrogen (secondary N) is 2. The molecule has 0 bridgehead atoms. The molecule has 4 rings (SSSR count). The number of benzene rings is 2. The van der Waals surface area contributed by atoms with E-state index in [-0.39, 0.29) is 5.91 Å². The van der Waals surface area contributed by atoms with E-state index in [1.165, 1.54) is 6.92 Å². The van der Waals surface area contributed by atoms with Crippen molar-refractivity contribution in [1.82, 2.24) is 15.1 Å². The first-order valence-corrected chi connectivity index (χ1v) is 9.11. The highest BCUT2D eigenvalue weighted by Gasteiger charge is 2.18. The molecular formula is C21H19N5O3. The van der Waals surface area contributed by atoms with E-state index in [1.807, 2.05) is 18.2 Å². The van der Waals surface area contributed by atoms with E-state index >= 15 is 0 Å². The van der Waals surface area contributed by atoms with Crippen molar-refractivity contribution in [3.63, 3.8) is 0 Å². The van der Waals surface area contributed by atoms with Crippen LogP contribution in [0.4, 0.5) is 11.5 Å². The molecule has 1 aliphatic rings. The van der Waals surface area contributed by atoms with Gasteiger partial charge in [0, 0.05) is 36.5 Å². The molecule has 2 amide bonds. The summed E-state index contributed by atoms with van der Waals surface area (Å²) in [7, 11) is 0. The number of nitrogens with two attached hydrogens (primary N) is 1. The standard InChI is InChI=1S/C21H19N5O3/c1-12(27)20(28)24-15-3-2-4-16(10-15)26-11-18(19(22)25-26)13-5-6-17-14(9-13)7-8-23-21(17)29/h2-6,9-11H,7-8H2,1H3,(H2,22,25)(H,23,29)(H,24,28). The third kappa shape index (κ3) is 3.60. The fourth-order valence-electron chi connectivity index (χ4n) is 3.28. The number of ketones is 1. The summed E-state index contributed by atoms with van der Waals surface area (Å²) in [5, 5.41) is 9.75. The molecule has 2 heterocycles. The highest BCUT2D eigenvalue weighted by atomic mass is 16.2. The maximum atomic E-state index is 11.9. The summed E-state index contributed by atoms with van der Waals surface area (Å²) in [6.45, 7) is 1.82. The normalized spacial score (nSPS) is 12.8. The van der Waals surface area contributed by atoms with Gasteiger partial charge in [-0.2, -0.15) is 5.10 Å². The topological polar surface area (TPSA) is 119 Å². The fourth-order valence-corrected chi connectivity index (χ4v) is 3.28. The van der Waals surface area contributed by atoms with Crippen molar-refractivity contribution in [3.05, 3.63) is 59.8 Å². The number of carbonyl (C=O) groups excluding carboxylic acids is 3. The maximum absolute atomic E-state index is 11.9. The molecule has 1 aromatic heterocycles. The van der Waals surface area contributed by atoms with Crippen LogP contribution in [0.5, 0.6) is 0 Å². The van der Waals surface area contributed by atoms with Crippen molar-refractivity contribution < 1.29 is 14.4 Å². The van der Waals surface area contributed by atoms with Crippen molar-refractivity contribution in [3.8, 4) is 16.8 Å². The van der Waals surface area contributed by atoms with Gasteiger partial charge < -0.3 is 16.4 Å². The summed E-state index contributed by atoms with van der Waals surface area (Å²) in [6, 6.07) is 12.6. The van der Waals surface area contributed by atoms with Crippen LogP contribution < -0.4 is 16.4 Å². The summed E-state index contributed by atoms with van der Waals surface area (Å²) in [4.78, 5) is 34.7. The van der Waals surface area contributed by atoms with Crippen LogP contribution in [0.15, 0.2) is 48.7 Å². The van der Waals surface area contributed by atoms with E-state index in [4.69, 9.17) is 5.73 Å². The summed E-state index contributed by atoms with van der Waals surface area (Å²) in [6.07, 6.45) is 2.56. The van der Waals surface area contributed by atoms with Crippen molar-refractivity contribution in [1.29, 1.82) is 0 Å². The van der Waals surface area contributed by atoms with Gasteiger partial charge in [0.25, 0.3) is 11.8 Å². The monoisotopic (exact) mass is 389 g/mol. The molecule has 8 nitrogen and oxygen atoms in total. The van der Waals surface area contributed by atoms with Crippen LogP contribution in [-0.2, 0) is 16.0 Å². The van der Waals surface area contributed by atoms with E-state index in [2.05, 4.69) is 15.7 Å². The molecule has 0 atom stereocenters. The number of hydrogen-bond acceptors (Lipinski definition) is 5. The minimum Gasteiger partial charge on any atom is -0.382 e. The molecule has 2 aromatic carbocycles. The third-order valence-electron chi connectivity index (χ3n) is 4.77. The SMILES string of the molecule is CC(=O)C(=O)Nc1cccc(-n2cc(-c3ccc4c(c3)CCNC4=O)c(N)n2)c1. The average Bonchev–Trinajstić information content (AvgIpc) is 3.10. The van der Waals surface area contributed by atoms with Gasteiger partial charge in [0.15, 0.2) is 5.82 Å². The van der Waals surface area contributed by atoms with Gasteiger partial charge in [-0.05, 0) is 41.8 Å². The first-order valence-electron chi connectivity index (χ1n) is 9.11. The van der Waals surface area contributed by atoms with Crippen molar-refractivity contribution in [2.24, 2.45) is 0 Å². The number of fused-ring (bicyclic) bond motifs is 1. The molecule has 0 saturated carbocycles. The Hall–Kier alpha value is -3.94. The molecule has 0 spiro atoms. The number of anilines is 2. The second-order valence-electron chi connectivity index (χ2n) is 6.81. The van der Waals surface area contributed by atoms with Gasteiger partial charge in [-0.25, -0.2) is 4.68 Å². The fraction of sp³-hybridized carbons (Fsp3) is 0.143. The van der Waals surface area contributed by atoms with E-state index in [9.17, 15) is 14.4 Å². The summed E-state index contributed by atoms with van der Waals surface area (Å²) >= 11 is 0. The van der Waals surface area contributed by atoms with Crippen molar-refractivity contribution >= 4 is 29.1 Å². The van der Waals surface area contributed by atoms with Crippen molar-refractivity contribution in [2.75, 3.05) is 17.6 Å². The minimum atomic E-state index is -0.680. The Morgan fingerprint density at radius 2 is 2.00 bits per heavy atom. The number of hydrogen-bond donors (Lipinski definition) is 3. The Morgan fingerprint density at radius 3 is 2.79 bits per heavy atom. The number of Topliss-reactive ketones (excluding diaryl/α,β-unsaturated/α-hetero) is 1. The summed E-state index contributed by atoms with van der Waals surface area (Å²) < 4.78 is 1.61. The average molecular weight is 389 g/mol. The lowest BCUT2D eigenvalue weighted by molar-refractivity contribution is -0.133. The van der Waals surface area contributed by atoms with Gasteiger partial charge in [0.1, 0.15) is 0 Å². The van der Waals surface area contributed by atoms with Crippen LogP contribution in [0.3, 0.4) is 0 Å². The first kappa shape index (κ1) is 18.4. The van der Waals surface area contributed by atoms with Gasteiger partial charge in [-0.3, -0.25) is 14.4 Å². The lowest BCUT2D eigenvalue weighted by Crippen LogP contribution is -2.31. The van der Waals surface area contributed by atoms with Gasteiger partial charge in [0.05, 0.1) is 5.69 Å². The van der Waals surface area contributed by atoms with Crippen LogP contribution in [0.25, 0.3) is 16.8 Å². The Labute approximate surface area is 166 Å². The Morgan fingerprint density at radius 1 is 1.17 bits per heavy atom. The van der Waals surface area contributed by atoms with E-state index in [0.29, 0.717) is 29.3 Å². The predicted octanol–water partition coefficient (Wildman–Crippen LogP) is 1.93. The Balaban J connectivity index is 1.66. The lowest BCUT2D eigenvalue weighted by Gasteiger charge is -2.17. The number of rotatable bonds is 4. The van der Waals surface area contributed by atoms with Crippen LogP contribution in [0.1, 0.15) is 22.8 Å². The molecule has 0 fully saturated rings. The van der Waals surface area contributed by atoms with Gasteiger partial charge in [-0.15, -0.1) is 0 Å². The molecule has 1 aliphatic heterocycles. The van der Waals surface area contributed by atoms with Gasteiger partial charge in [-0.1, -0.05) is 18.2 Å². The third-order valence-corrected chi connectivity index (χ3v) is 4.77. The molecule has 0 aliphatic carbocycles. The summed E-state index contributed by atoms with van der Waals surface area (Å²) in [5.74, 6) is -0.961. The molecule has 0 radical (unpaired) electrons. The molecule has 146 valence electrons. The minimum absolute atomic E-state index is 0.0640. The molecule has 4 N–H and O–H groups in total. The maximum Gasteiger partial charge on any atom is 0.291 e. The first-order chi connectivity index (χ1) is 13.9. The lowest BCUT2D eigenvalue weighted by atomic mass is 9.96. The number of carbonyl (C=O) groups is 3. The number of nitrogen functional groups attached to an aromatic ring is 1. The molecule has 0 unspecified atom stereocenters. The smallest absolute Gasteiger partial charge is 0.291 e. The molecule has 8 heteroatoms. The van der Waals surface area contributed by atoms with Gasteiger partial charge >= 0.3 is 0 Å². The number of nitrogens with zero attached hydrogens (tertiary/aromatic N) is 2. The zero-order chi connectivity index (χ0) is 20.5. The van der Waals surface area contributed by atoms with Crippen LogP contribution in [-0.4, -0.2) is 33.9 Å². The number of amides is 2. The highest BCUT2D eigenvalue weighted by molar-refractivity contribution is 6.39. The number of aromatic nitrogens is 2. The molecule has 29 heavy (non-hydrogen) atoms. The molecule has 0 saturated heterocycles. The second-order valence-corrected chi connectivity index (χ2v) is 6.81. The van der Waals surface area contributed by atoms with Gasteiger partial charge in [0.2, 0.25) is 5.78 Å². The molecule has 3 aromatic rings. The van der Waals surface area contributed by atoms with E-state index in [0.717, 1.165) is 23.1 Å². The zero-order valence-corrected chi connectivity index (χ0v) is 15.7. The van der Waals surface area contributed by atoms with Crippen LogP contribution in [0, 0.1) is 0 Å². The van der Waals surface area contributed by atoms with Crippen LogP contribution in [0.2, 0.25) is 0 Å². The Kier molecular flexibility index (Phi) is 4.59. The Bertz CT molecular complexity index is 1150. The largest absolute Gasteiger partial charge is 0.382 e. The zero-order valence-electron chi connectivity index (χ0n) is 15.7. The summed E-state index contributed by atoms with van der Waals surface area (Å²) in [5.41, 5.74) is 10.6. The predicted molar refractivity (Wildman–Crippen MR) is 109 cm³/mol.